The summed E-state index contributed by atoms with van der Waals surface area (Å²) in [7, 11) is 1.40. The second kappa shape index (κ2) is 8.09. The number of hydrazone groups is 1. The minimum Gasteiger partial charge on any atom is -0.507 e. The van der Waals surface area contributed by atoms with Crippen LogP contribution in [0.1, 0.15) is 21.7 Å². The fourth-order valence-electron chi connectivity index (χ4n) is 2.22. The summed E-state index contributed by atoms with van der Waals surface area (Å²) >= 11 is 0. The first-order valence-electron chi connectivity index (χ1n) is 7.75. The lowest BCUT2D eigenvalue weighted by Gasteiger charge is -2.04. The number of nitrogens with zero attached hydrogens (tertiary/aromatic N) is 7. The van der Waals surface area contributed by atoms with Crippen molar-refractivity contribution in [1.82, 2.24) is 30.7 Å². The molecule has 2 aromatic heterocycles. The van der Waals surface area contributed by atoms with Crippen LogP contribution >= 0.6 is 0 Å². The van der Waals surface area contributed by atoms with Crippen LogP contribution in [0, 0.1) is 10.1 Å². The topological polar surface area (TPSA) is 210 Å². The van der Waals surface area contributed by atoms with E-state index >= 15 is 0 Å². The van der Waals surface area contributed by atoms with Gasteiger partial charge in [-0.2, -0.15) is 9.78 Å². The second-order valence-electron chi connectivity index (χ2n) is 5.40. The van der Waals surface area contributed by atoms with E-state index in [9.17, 15) is 20.0 Å². The predicted molar refractivity (Wildman–Crippen MR) is 94.2 cm³/mol. The molecule has 1 aromatic carbocycles. The molecule has 29 heavy (non-hydrogen) atoms. The Hall–Kier alpha value is -4.40. The average molecular weight is 403 g/mol. The fraction of sp³-hybridized carbons (Fsp3) is 0.143. The summed E-state index contributed by atoms with van der Waals surface area (Å²) in [6.07, 6.45) is 1.04. The van der Waals surface area contributed by atoms with Gasteiger partial charge in [-0.3, -0.25) is 14.9 Å². The van der Waals surface area contributed by atoms with Crippen molar-refractivity contribution in [1.29, 1.82) is 0 Å². The molecule has 0 fully saturated rings. The summed E-state index contributed by atoms with van der Waals surface area (Å²) in [5, 5.41) is 38.8. The molecule has 3 rings (SSSR count). The van der Waals surface area contributed by atoms with Crippen LogP contribution in [0.25, 0.3) is 5.82 Å². The minimum atomic E-state index is -0.764. The van der Waals surface area contributed by atoms with Crippen LogP contribution in [0.5, 0.6) is 5.75 Å². The van der Waals surface area contributed by atoms with E-state index < -0.39 is 10.8 Å². The summed E-state index contributed by atoms with van der Waals surface area (Å²) in [5.74, 6) is -1.07. The third kappa shape index (κ3) is 3.98. The van der Waals surface area contributed by atoms with Crippen molar-refractivity contribution in [2.45, 2.75) is 6.61 Å². The van der Waals surface area contributed by atoms with Crippen LogP contribution in [0.4, 0.5) is 11.5 Å². The summed E-state index contributed by atoms with van der Waals surface area (Å²) in [6.45, 7) is -0.0720. The first kappa shape index (κ1) is 19.4. The van der Waals surface area contributed by atoms with Gasteiger partial charge in [0.25, 0.3) is 11.6 Å². The molecule has 0 spiro atoms. The van der Waals surface area contributed by atoms with E-state index in [0.29, 0.717) is 0 Å². The zero-order chi connectivity index (χ0) is 21.0. The Balaban J connectivity index is 1.82. The molecule has 2 heterocycles. The van der Waals surface area contributed by atoms with Crippen molar-refractivity contribution < 1.29 is 24.2 Å². The number of nitrogens with one attached hydrogen (secondary N) is 1. The predicted octanol–water partition coefficient (Wildman–Crippen LogP) is -0.243. The number of nitro benzene ring substituents is 1. The number of rotatable bonds is 7. The molecule has 0 radical (unpaired) electrons. The van der Waals surface area contributed by atoms with Gasteiger partial charge in [-0.05, 0) is 16.4 Å². The summed E-state index contributed by atoms with van der Waals surface area (Å²) in [4.78, 5) is 22.6. The third-order valence-corrected chi connectivity index (χ3v) is 3.55. The fourth-order valence-corrected chi connectivity index (χ4v) is 2.22. The molecule has 0 atom stereocenters. The number of hydrogen-bond donors (Lipinski definition) is 3. The van der Waals surface area contributed by atoms with Crippen molar-refractivity contribution in [3.05, 3.63) is 45.3 Å². The highest BCUT2D eigenvalue weighted by atomic mass is 16.6. The second-order valence-corrected chi connectivity index (χ2v) is 5.40. The molecule has 0 saturated carbocycles. The van der Waals surface area contributed by atoms with Crippen molar-refractivity contribution in [2.24, 2.45) is 5.10 Å². The number of nitrogens with two attached hydrogens (primary N) is 1. The first-order valence-corrected chi connectivity index (χ1v) is 7.75. The van der Waals surface area contributed by atoms with Gasteiger partial charge < -0.3 is 15.6 Å². The highest BCUT2D eigenvalue weighted by Gasteiger charge is 2.23. The lowest BCUT2D eigenvalue weighted by atomic mass is 10.2. The SMILES string of the molecule is COCc1c(C(=O)NN=Cc2cc([N+](=O)[O-])ccc2O)nnn1-c1nonc1N. The van der Waals surface area contributed by atoms with Crippen LogP contribution in [0.15, 0.2) is 27.9 Å². The lowest BCUT2D eigenvalue weighted by molar-refractivity contribution is -0.384. The van der Waals surface area contributed by atoms with E-state index in [1.807, 2.05) is 0 Å². The molecule has 4 N–H and O–H groups in total. The van der Waals surface area contributed by atoms with Gasteiger partial charge in [-0.1, -0.05) is 5.21 Å². The number of methoxy groups -OCH3 is 1. The summed E-state index contributed by atoms with van der Waals surface area (Å²) in [5.41, 5.74) is 7.64. The number of phenolic OH excluding ortho intramolecular Hbond substituents is 1. The Bertz CT molecular complexity index is 1090. The van der Waals surface area contributed by atoms with E-state index in [-0.39, 0.29) is 46.6 Å². The normalized spacial score (nSPS) is 11.1. The Labute approximate surface area is 160 Å². The number of phenols is 1. The number of nitrogen functional groups attached to an aromatic ring is 1. The molecule has 0 aliphatic carbocycles. The van der Waals surface area contributed by atoms with Gasteiger partial charge in [-0.25, -0.2) is 10.1 Å². The Morgan fingerprint density at radius 3 is 2.97 bits per heavy atom. The van der Waals surface area contributed by atoms with Crippen LogP contribution in [0.2, 0.25) is 0 Å². The number of benzene rings is 1. The number of aromatic nitrogens is 5. The third-order valence-electron chi connectivity index (χ3n) is 3.55. The highest BCUT2D eigenvalue weighted by Crippen LogP contribution is 2.21. The molecule has 0 unspecified atom stereocenters. The number of aromatic hydroxyl groups is 1. The maximum absolute atomic E-state index is 12.4. The van der Waals surface area contributed by atoms with Gasteiger partial charge in [0.2, 0.25) is 11.6 Å². The van der Waals surface area contributed by atoms with Crippen molar-refractivity contribution in [3.63, 3.8) is 0 Å². The number of nitro groups is 1. The van der Waals surface area contributed by atoms with Gasteiger partial charge in [0.05, 0.1) is 17.7 Å². The molecule has 0 saturated heterocycles. The van der Waals surface area contributed by atoms with Gasteiger partial charge >= 0.3 is 0 Å². The number of carbonyl (C=O) groups excluding carboxylic acids is 1. The first-order chi connectivity index (χ1) is 13.9. The molecule has 150 valence electrons. The quantitative estimate of drug-likeness (QED) is 0.266. The molecule has 15 nitrogen and oxygen atoms in total. The molecular weight excluding hydrogens is 390 g/mol. The van der Waals surface area contributed by atoms with Gasteiger partial charge in [0.15, 0.2) is 5.69 Å². The van der Waals surface area contributed by atoms with Gasteiger partial charge in [0.1, 0.15) is 11.4 Å². The molecule has 1 amide bonds. The number of carbonyl (C=O) groups is 1. The molecule has 0 aliphatic rings. The monoisotopic (exact) mass is 403 g/mol. The average Bonchev–Trinajstić information content (AvgIpc) is 3.29. The zero-order valence-corrected chi connectivity index (χ0v) is 14.7. The maximum Gasteiger partial charge on any atom is 0.293 e. The van der Waals surface area contributed by atoms with Crippen LogP contribution in [0.3, 0.4) is 0 Å². The van der Waals surface area contributed by atoms with Crippen molar-refractivity contribution in [3.8, 4) is 11.6 Å². The number of anilines is 1. The standard InChI is InChI=1S/C14H13N9O6/c1-28-6-9-11(17-21-22(9)13-12(15)19-29-20-13)14(25)18-16-5-7-4-8(23(26)27)2-3-10(7)24/h2-5,24H,6H2,1H3,(H2,15,19)(H,18,25). The zero-order valence-electron chi connectivity index (χ0n) is 14.7. The minimum absolute atomic E-state index is 0.0219. The Morgan fingerprint density at radius 2 is 2.31 bits per heavy atom. The van der Waals surface area contributed by atoms with Gasteiger partial charge in [0, 0.05) is 24.8 Å². The Kier molecular flexibility index (Phi) is 5.40. The molecule has 15 heteroatoms. The number of hydrogen-bond acceptors (Lipinski definition) is 12. The van der Waals surface area contributed by atoms with Crippen LogP contribution < -0.4 is 11.2 Å². The van der Waals surface area contributed by atoms with E-state index in [2.05, 4.69) is 35.8 Å². The summed E-state index contributed by atoms with van der Waals surface area (Å²) in [6, 6.07) is 3.36. The van der Waals surface area contributed by atoms with E-state index in [1.165, 1.54) is 7.11 Å². The number of non-ortho nitro benzene ring substituents is 1. The molecule has 0 aliphatic heterocycles. The Morgan fingerprint density at radius 1 is 1.52 bits per heavy atom. The smallest absolute Gasteiger partial charge is 0.293 e. The van der Waals surface area contributed by atoms with E-state index in [1.54, 1.807) is 0 Å². The summed E-state index contributed by atoms with van der Waals surface area (Å²) < 4.78 is 10.7. The largest absolute Gasteiger partial charge is 0.507 e. The molecule has 3 aromatic rings. The van der Waals surface area contributed by atoms with Crippen LogP contribution in [-0.4, -0.2) is 54.6 Å². The van der Waals surface area contributed by atoms with Gasteiger partial charge in [-0.15, -0.1) is 5.10 Å². The number of ether oxygens (including phenoxy) is 1. The lowest BCUT2D eigenvalue weighted by Crippen LogP contribution is -2.20. The maximum atomic E-state index is 12.4. The highest BCUT2D eigenvalue weighted by molar-refractivity contribution is 5.94. The molecular formula is C14H13N9O6. The van der Waals surface area contributed by atoms with E-state index in [0.717, 1.165) is 29.1 Å². The van der Waals surface area contributed by atoms with Crippen molar-refractivity contribution in [2.75, 3.05) is 12.8 Å². The van der Waals surface area contributed by atoms with Crippen LogP contribution in [-0.2, 0) is 11.3 Å². The van der Waals surface area contributed by atoms with Crippen molar-refractivity contribution >= 4 is 23.6 Å². The number of amides is 1. The van der Waals surface area contributed by atoms with E-state index in [4.69, 9.17) is 10.5 Å². The molecule has 0 bridgehead atoms.